The number of hydrogen-bond acceptors (Lipinski definition) is 4. The normalized spacial score (nSPS) is 10.1. The van der Waals surface area contributed by atoms with E-state index in [0.717, 1.165) is 30.1 Å². The molecule has 1 N–H and O–H groups in total. The van der Waals surface area contributed by atoms with Crippen molar-refractivity contribution in [3.8, 4) is 0 Å². The van der Waals surface area contributed by atoms with Crippen LogP contribution in [-0.2, 0) is 6.42 Å². The maximum Gasteiger partial charge on any atom is 0.264 e. The predicted octanol–water partition coefficient (Wildman–Crippen LogP) is 1.46. The van der Waals surface area contributed by atoms with Gasteiger partial charge in [0.15, 0.2) is 0 Å². The van der Waals surface area contributed by atoms with Crippen LogP contribution in [0.1, 0.15) is 28.7 Å². The van der Waals surface area contributed by atoms with E-state index >= 15 is 0 Å². The highest BCUT2D eigenvalue weighted by Gasteiger charge is 2.14. The molecule has 0 aliphatic heterocycles. The van der Waals surface area contributed by atoms with E-state index in [4.69, 9.17) is 11.6 Å². The minimum Gasteiger partial charge on any atom is -0.350 e. The van der Waals surface area contributed by atoms with Gasteiger partial charge in [-0.3, -0.25) is 4.79 Å². The Labute approximate surface area is 91.8 Å². The molecule has 6 heteroatoms. The summed E-state index contributed by atoms with van der Waals surface area (Å²) in [5.41, 5.74) is 0.782. The second kappa shape index (κ2) is 5.93. The fourth-order valence-corrected chi connectivity index (χ4v) is 1.74. The zero-order chi connectivity index (χ0) is 10.4. The Kier molecular flexibility index (Phi) is 4.82. The molecule has 1 aromatic rings. The third-order valence-electron chi connectivity index (χ3n) is 1.63. The molecule has 1 heterocycles. The number of rotatable bonds is 5. The second-order valence-corrected chi connectivity index (χ2v) is 3.88. The average Bonchev–Trinajstić information content (AvgIpc) is 2.63. The Morgan fingerprint density at radius 3 is 3.07 bits per heavy atom. The Bertz CT molecular complexity index is 303. The van der Waals surface area contributed by atoms with Crippen molar-refractivity contribution in [2.45, 2.75) is 19.8 Å². The zero-order valence-electron chi connectivity index (χ0n) is 7.92. The van der Waals surface area contributed by atoms with Crippen LogP contribution >= 0.6 is 23.1 Å². The van der Waals surface area contributed by atoms with Crippen LogP contribution in [0.3, 0.4) is 0 Å². The highest BCUT2D eigenvalue weighted by Crippen LogP contribution is 2.11. The lowest BCUT2D eigenvalue weighted by molar-refractivity contribution is 0.0959. The van der Waals surface area contributed by atoms with E-state index in [9.17, 15) is 4.79 Å². The molecule has 0 unspecified atom stereocenters. The molecule has 1 amide bonds. The maximum atomic E-state index is 11.5. The first-order valence-electron chi connectivity index (χ1n) is 4.45. The lowest BCUT2D eigenvalue weighted by atomic mass is 10.2. The molecular weight excluding hydrogens is 222 g/mol. The molecule has 1 aromatic heterocycles. The molecule has 0 aliphatic carbocycles. The van der Waals surface area contributed by atoms with E-state index < -0.39 is 0 Å². The largest absolute Gasteiger partial charge is 0.350 e. The van der Waals surface area contributed by atoms with Gasteiger partial charge in [-0.2, -0.15) is 0 Å². The topological polar surface area (TPSA) is 54.9 Å². The summed E-state index contributed by atoms with van der Waals surface area (Å²) in [5, 5.41) is 6.60. The van der Waals surface area contributed by atoms with Crippen LogP contribution in [0.4, 0.5) is 0 Å². The quantitative estimate of drug-likeness (QED) is 0.784. The number of nitrogens with one attached hydrogen (secondary N) is 1. The van der Waals surface area contributed by atoms with E-state index in [2.05, 4.69) is 14.9 Å². The number of alkyl halides is 1. The van der Waals surface area contributed by atoms with Gasteiger partial charge in [-0.25, -0.2) is 0 Å². The minimum atomic E-state index is -0.121. The van der Waals surface area contributed by atoms with E-state index in [0.29, 0.717) is 17.3 Å². The molecule has 0 spiro atoms. The predicted molar refractivity (Wildman–Crippen MR) is 57.0 cm³/mol. The molecule has 0 radical (unpaired) electrons. The van der Waals surface area contributed by atoms with Crippen LogP contribution < -0.4 is 5.32 Å². The highest BCUT2D eigenvalue weighted by atomic mass is 35.5. The second-order valence-electron chi connectivity index (χ2n) is 2.74. The minimum absolute atomic E-state index is 0.121. The molecule has 14 heavy (non-hydrogen) atoms. The van der Waals surface area contributed by atoms with Crippen molar-refractivity contribution in [1.82, 2.24) is 14.9 Å². The molecular formula is C8H12ClN3OS. The SMILES string of the molecule is CCCc1nnsc1C(=O)NCCCl. The van der Waals surface area contributed by atoms with Gasteiger partial charge in [0.05, 0.1) is 5.69 Å². The van der Waals surface area contributed by atoms with Gasteiger partial charge in [0, 0.05) is 12.4 Å². The van der Waals surface area contributed by atoms with E-state index in [-0.39, 0.29) is 5.91 Å². The van der Waals surface area contributed by atoms with Gasteiger partial charge in [-0.1, -0.05) is 17.8 Å². The standard InChI is InChI=1S/C8H12ClN3OS/c1-2-3-6-7(14-12-11-6)8(13)10-5-4-9/h2-5H2,1H3,(H,10,13). The molecule has 1 rings (SSSR count). The zero-order valence-corrected chi connectivity index (χ0v) is 9.49. The van der Waals surface area contributed by atoms with E-state index in [1.54, 1.807) is 0 Å². The van der Waals surface area contributed by atoms with Gasteiger partial charge in [-0.15, -0.1) is 16.7 Å². The number of carbonyl (C=O) groups excluding carboxylic acids is 1. The molecule has 0 atom stereocenters. The van der Waals surface area contributed by atoms with E-state index in [1.165, 1.54) is 0 Å². The van der Waals surface area contributed by atoms with E-state index in [1.807, 2.05) is 6.92 Å². The average molecular weight is 234 g/mol. The van der Waals surface area contributed by atoms with Crippen molar-refractivity contribution >= 4 is 29.0 Å². The molecule has 4 nitrogen and oxygen atoms in total. The smallest absolute Gasteiger partial charge is 0.264 e. The number of nitrogens with zero attached hydrogens (tertiary/aromatic N) is 2. The van der Waals surface area contributed by atoms with Crippen LogP contribution in [-0.4, -0.2) is 27.9 Å². The number of aryl methyl sites for hydroxylation is 1. The third kappa shape index (κ3) is 2.92. The van der Waals surface area contributed by atoms with Gasteiger partial charge in [-0.05, 0) is 18.0 Å². The molecule has 0 saturated carbocycles. The van der Waals surface area contributed by atoms with Crippen molar-refractivity contribution < 1.29 is 4.79 Å². The van der Waals surface area contributed by atoms with Gasteiger partial charge in [0.2, 0.25) is 0 Å². The first kappa shape index (κ1) is 11.4. The number of halogens is 1. The summed E-state index contributed by atoms with van der Waals surface area (Å²) in [4.78, 5) is 12.1. The van der Waals surface area contributed by atoms with Crippen LogP contribution in [0.25, 0.3) is 0 Å². The maximum absolute atomic E-state index is 11.5. The molecule has 0 aromatic carbocycles. The number of amides is 1. The summed E-state index contributed by atoms with van der Waals surface area (Å²) >= 11 is 6.60. The van der Waals surface area contributed by atoms with Gasteiger partial charge in [0.25, 0.3) is 5.91 Å². The molecule has 78 valence electrons. The van der Waals surface area contributed by atoms with Crippen LogP contribution in [0.5, 0.6) is 0 Å². The van der Waals surface area contributed by atoms with Gasteiger partial charge in [0.1, 0.15) is 4.88 Å². The van der Waals surface area contributed by atoms with Crippen molar-refractivity contribution in [3.63, 3.8) is 0 Å². The Morgan fingerprint density at radius 1 is 1.64 bits per heavy atom. The van der Waals surface area contributed by atoms with Gasteiger partial charge >= 0.3 is 0 Å². The fourth-order valence-electron chi connectivity index (χ4n) is 1.02. The van der Waals surface area contributed by atoms with Crippen LogP contribution in [0, 0.1) is 0 Å². The molecule has 0 saturated heterocycles. The summed E-state index contributed by atoms with van der Waals surface area (Å²) in [6.07, 6.45) is 1.75. The number of aromatic nitrogens is 2. The Balaban J connectivity index is 2.63. The Hall–Kier alpha value is -0.680. The highest BCUT2D eigenvalue weighted by molar-refractivity contribution is 7.08. The Morgan fingerprint density at radius 2 is 2.43 bits per heavy atom. The van der Waals surface area contributed by atoms with Crippen molar-refractivity contribution in [2.75, 3.05) is 12.4 Å². The number of carbonyl (C=O) groups is 1. The summed E-state index contributed by atoms with van der Waals surface area (Å²) < 4.78 is 3.77. The lowest BCUT2D eigenvalue weighted by Gasteiger charge is -2.00. The molecule has 0 fully saturated rings. The first-order chi connectivity index (χ1) is 6.79. The third-order valence-corrected chi connectivity index (χ3v) is 2.58. The summed E-state index contributed by atoms with van der Waals surface area (Å²) in [5.74, 6) is 0.297. The van der Waals surface area contributed by atoms with Crippen LogP contribution in [0.15, 0.2) is 0 Å². The monoisotopic (exact) mass is 233 g/mol. The summed E-state index contributed by atoms with van der Waals surface area (Å²) in [6, 6.07) is 0. The first-order valence-corrected chi connectivity index (χ1v) is 5.75. The molecule has 0 bridgehead atoms. The van der Waals surface area contributed by atoms with Crippen molar-refractivity contribution in [2.24, 2.45) is 0 Å². The van der Waals surface area contributed by atoms with Gasteiger partial charge < -0.3 is 5.32 Å². The van der Waals surface area contributed by atoms with Crippen molar-refractivity contribution in [3.05, 3.63) is 10.6 Å². The van der Waals surface area contributed by atoms with Crippen LogP contribution in [0.2, 0.25) is 0 Å². The summed E-state index contributed by atoms with van der Waals surface area (Å²) in [7, 11) is 0. The summed E-state index contributed by atoms with van der Waals surface area (Å²) in [6.45, 7) is 2.52. The molecule has 0 aliphatic rings. The number of hydrogen-bond donors (Lipinski definition) is 1. The lowest BCUT2D eigenvalue weighted by Crippen LogP contribution is -2.25. The fraction of sp³-hybridized carbons (Fsp3) is 0.625. The van der Waals surface area contributed by atoms with Crippen molar-refractivity contribution in [1.29, 1.82) is 0 Å².